The Balaban J connectivity index is 1.74. The second-order valence-electron chi connectivity index (χ2n) is 4.72. The van der Waals surface area contributed by atoms with E-state index in [1.165, 1.54) is 0 Å². The molecule has 116 valence electrons. The molecule has 0 saturated carbocycles. The van der Waals surface area contributed by atoms with Crippen LogP contribution in [-0.2, 0) is 13.0 Å². The molecule has 0 radical (unpaired) electrons. The van der Waals surface area contributed by atoms with Crippen LogP contribution in [-0.4, -0.2) is 24.2 Å². The molecular formula is C17H21N3O2. The predicted molar refractivity (Wildman–Crippen MR) is 85.8 cm³/mol. The summed E-state index contributed by atoms with van der Waals surface area (Å²) >= 11 is 0. The van der Waals surface area contributed by atoms with Gasteiger partial charge in [-0.15, -0.1) is 0 Å². The Morgan fingerprint density at radius 2 is 1.95 bits per heavy atom. The highest BCUT2D eigenvalue weighted by Gasteiger charge is 2.05. The average Bonchev–Trinajstić information content (AvgIpc) is 2.55. The molecule has 0 unspecified atom stereocenters. The van der Waals surface area contributed by atoms with E-state index in [0.717, 1.165) is 17.0 Å². The Hall–Kier alpha value is -2.56. The molecule has 0 fully saturated rings. The normalized spacial score (nSPS) is 10.0. The third kappa shape index (κ3) is 5.09. The van der Waals surface area contributed by atoms with Gasteiger partial charge in [-0.05, 0) is 25.1 Å². The molecule has 2 aromatic rings. The highest BCUT2D eigenvalue weighted by Crippen LogP contribution is 2.17. The van der Waals surface area contributed by atoms with Crippen LogP contribution in [0.3, 0.4) is 0 Å². The van der Waals surface area contributed by atoms with Gasteiger partial charge in [0.25, 0.3) is 0 Å². The molecule has 0 bridgehead atoms. The van der Waals surface area contributed by atoms with Gasteiger partial charge in [-0.3, -0.25) is 4.98 Å². The van der Waals surface area contributed by atoms with Crippen LogP contribution in [0.5, 0.6) is 5.75 Å². The number of aromatic nitrogens is 1. The van der Waals surface area contributed by atoms with E-state index in [2.05, 4.69) is 15.6 Å². The van der Waals surface area contributed by atoms with Gasteiger partial charge < -0.3 is 15.4 Å². The number of nitrogens with zero attached hydrogens (tertiary/aromatic N) is 1. The summed E-state index contributed by atoms with van der Waals surface area (Å²) in [6.45, 7) is 3.53. The molecule has 0 aliphatic rings. The van der Waals surface area contributed by atoms with Gasteiger partial charge >= 0.3 is 6.03 Å². The first kappa shape index (κ1) is 15.8. The van der Waals surface area contributed by atoms with Gasteiger partial charge in [0.2, 0.25) is 0 Å². The van der Waals surface area contributed by atoms with E-state index in [4.69, 9.17) is 4.74 Å². The second-order valence-corrected chi connectivity index (χ2v) is 4.72. The Bertz CT molecular complexity index is 587. The fraction of sp³-hybridized carbons (Fsp3) is 0.294. The first-order valence-electron chi connectivity index (χ1n) is 7.42. The SMILES string of the molecule is CCOc1ccccc1CNC(=O)NCCc1ccccn1. The van der Waals surface area contributed by atoms with Gasteiger partial charge in [-0.2, -0.15) is 0 Å². The number of hydrogen-bond acceptors (Lipinski definition) is 3. The molecule has 2 amide bonds. The largest absolute Gasteiger partial charge is 0.494 e. The first-order valence-corrected chi connectivity index (χ1v) is 7.42. The van der Waals surface area contributed by atoms with Crippen molar-refractivity contribution >= 4 is 6.03 Å². The Morgan fingerprint density at radius 3 is 2.73 bits per heavy atom. The molecule has 5 heteroatoms. The molecule has 0 atom stereocenters. The number of nitrogens with one attached hydrogen (secondary N) is 2. The second kappa shape index (κ2) is 8.67. The average molecular weight is 299 g/mol. The fourth-order valence-electron chi connectivity index (χ4n) is 2.03. The van der Waals surface area contributed by atoms with Gasteiger partial charge in [0, 0.05) is 37.0 Å². The summed E-state index contributed by atoms with van der Waals surface area (Å²) in [7, 11) is 0. The van der Waals surface area contributed by atoms with Crippen LogP contribution >= 0.6 is 0 Å². The number of rotatable bonds is 7. The molecule has 5 nitrogen and oxygen atoms in total. The minimum absolute atomic E-state index is 0.192. The number of amides is 2. The lowest BCUT2D eigenvalue weighted by molar-refractivity contribution is 0.240. The minimum atomic E-state index is -0.192. The van der Waals surface area contributed by atoms with Gasteiger partial charge in [0.05, 0.1) is 6.61 Å². The van der Waals surface area contributed by atoms with Crippen molar-refractivity contribution in [3.05, 3.63) is 59.9 Å². The van der Waals surface area contributed by atoms with Gasteiger partial charge in [-0.25, -0.2) is 4.79 Å². The molecule has 1 aromatic heterocycles. The number of urea groups is 1. The maximum Gasteiger partial charge on any atom is 0.315 e. The van der Waals surface area contributed by atoms with Crippen molar-refractivity contribution < 1.29 is 9.53 Å². The lowest BCUT2D eigenvalue weighted by Crippen LogP contribution is -2.36. The van der Waals surface area contributed by atoms with Gasteiger partial charge in [-0.1, -0.05) is 24.3 Å². The lowest BCUT2D eigenvalue weighted by Gasteiger charge is -2.11. The number of benzene rings is 1. The van der Waals surface area contributed by atoms with Crippen molar-refractivity contribution in [2.24, 2.45) is 0 Å². The summed E-state index contributed by atoms with van der Waals surface area (Å²) in [5.74, 6) is 0.804. The summed E-state index contributed by atoms with van der Waals surface area (Å²) in [4.78, 5) is 16.0. The topological polar surface area (TPSA) is 63.2 Å². The van der Waals surface area contributed by atoms with Crippen LogP contribution in [0, 0.1) is 0 Å². The summed E-state index contributed by atoms with van der Waals surface area (Å²) in [6.07, 6.45) is 2.46. The molecule has 1 aromatic carbocycles. The van der Waals surface area contributed by atoms with E-state index in [9.17, 15) is 4.79 Å². The van der Waals surface area contributed by atoms with E-state index in [1.54, 1.807) is 6.20 Å². The lowest BCUT2D eigenvalue weighted by atomic mass is 10.2. The van der Waals surface area contributed by atoms with E-state index in [0.29, 0.717) is 26.1 Å². The summed E-state index contributed by atoms with van der Waals surface area (Å²) in [5.41, 5.74) is 1.92. The summed E-state index contributed by atoms with van der Waals surface area (Å²) < 4.78 is 5.53. The van der Waals surface area contributed by atoms with Crippen LogP contribution in [0.25, 0.3) is 0 Å². The molecule has 22 heavy (non-hydrogen) atoms. The smallest absolute Gasteiger partial charge is 0.315 e. The zero-order valence-electron chi connectivity index (χ0n) is 12.7. The molecular weight excluding hydrogens is 278 g/mol. The highest BCUT2D eigenvalue weighted by atomic mass is 16.5. The maximum absolute atomic E-state index is 11.8. The third-order valence-corrected chi connectivity index (χ3v) is 3.10. The summed E-state index contributed by atoms with van der Waals surface area (Å²) in [6, 6.07) is 13.3. The van der Waals surface area contributed by atoms with Crippen molar-refractivity contribution in [3.8, 4) is 5.75 Å². The summed E-state index contributed by atoms with van der Waals surface area (Å²) in [5, 5.41) is 5.66. The molecule has 0 spiro atoms. The third-order valence-electron chi connectivity index (χ3n) is 3.10. The molecule has 0 saturated heterocycles. The van der Waals surface area contributed by atoms with Crippen molar-refractivity contribution in [3.63, 3.8) is 0 Å². The molecule has 0 aliphatic heterocycles. The van der Waals surface area contributed by atoms with E-state index in [-0.39, 0.29) is 6.03 Å². The van der Waals surface area contributed by atoms with Crippen molar-refractivity contribution in [1.82, 2.24) is 15.6 Å². The minimum Gasteiger partial charge on any atom is -0.494 e. The Labute approximate surface area is 130 Å². The van der Waals surface area contributed by atoms with Crippen molar-refractivity contribution in [2.45, 2.75) is 19.9 Å². The fourth-order valence-corrected chi connectivity index (χ4v) is 2.03. The molecule has 1 heterocycles. The van der Waals surface area contributed by atoms with Crippen LogP contribution in [0.15, 0.2) is 48.7 Å². The molecule has 2 N–H and O–H groups in total. The van der Waals surface area contributed by atoms with E-state index < -0.39 is 0 Å². The van der Waals surface area contributed by atoms with E-state index in [1.807, 2.05) is 49.4 Å². The quantitative estimate of drug-likeness (QED) is 0.826. The van der Waals surface area contributed by atoms with Gasteiger partial charge in [0.15, 0.2) is 0 Å². The monoisotopic (exact) mass is 299 g/mol. The Morgan fingerprint density at radius 1 is 1.14 bits per heavy atom. The predicted octanol–water partition coefficient (Wildman–Crippen LogP) is 2.52. The maximum atomic E-state index is 11.8. The number of hydrogen-bond donors (Lipinski definition) is 2. The zero-order chi connectivity index (χ0) is 15.6. The van der Waals surface area contributed by atoms with Crippen LogP contribution in [0.2, 0.25) is 0 Å². The number of pyridine rings is 1. The first-order chi connectivity index (χ1) is 10.8. The van der Waals surface area contributed by atoms with Crippen LogP contribution in [0.1, 0.15) is 18.2 Å². The number of ether oxygens (including phenoxy) is 1. The number of carbonyl (C=O) groups excluding carboxylic acids is 1. The van der Waals surface area contributed by atoms with Gasteiger partial charge in [0.1, 0.15) is 5.75 Å². The molecule has 2 rings (SSSR count). The molecule has 0 aliphatic carbocycles. The van der Waals surface area contributed by atoms with Crippen LogP contribution < -0.4 is 15.4 Å². The van der Waals surface area contributed by atoms with Crippen molar-refractivity contribution in [1.29, 1.82) is 0 Å². The van der Waals surface area contributed by atoms with Crippen LogP contribution in [0.4, 0.5) is 4.79 Å². The standard InChI is InChI=1S/C17H21N3O2/c1-2-22-16-9-4-3-7-14(16)13-20-17(21)19-12-10-15-8-5-6-11-18-15/h3-9,11H,2,10,12-13H2,1H3,(H2,19,20,21). The highest BCUT2D eigenvalue weighted by molar-refractivity contribution is 5.73. The van der Waals surface area contributed by atoms with E-state index >= 15 is 0 Å². The Kier molecular flexibility index (Phi) is 6.23. The number of carbonyl (C=O) groups is 1. The number of para-hydroxylation sites is 1. The zero-order valence-corrected chi connectivity index (χ0v) is 12.7. The van der Waals surface area contributed by atoms with Crippen molar-refractivity contribution in [2.75, 3.05) is 13.2 Å².